The number of aryl methyl sites for hydroxylation is 2. The lowest BCUT2D eigenvalue weighted by Gasteiger charge is -2.28. The molecule has 2 aliphatic carbocycles. The molecule has 0 aliphatic heterocycles. The van der Waals surface area contributed by atoms with Gasteiger partial charge in [-0.1, -0.05) is 26.2 Å². The summed E-state index contributed by atoms with van der Waals surface area (Å²) in [5.41, 5.74) is 1.65. The molecule has 0 saturated heterocycles. The van der Waals surface area contributed by atoms with Gasteiger partial charge in [0.05, 0.1) is 0 Å². The summed E-state index contributed by atoms with van der Waals surface area (Å²) in [6.07, 6.45) is 12.6. The van der Waals surface area contributed by atoms with E-state index in [-0.39, 0.29) is 0 Å². The van der Waals surface area contributed by atoms with E-state index >= 15 is 0 Å². The molecule has 21 heavy (non-hydrogen) atoms. The van der Waals surface area contributed by atoms with Crippen LogP contribution in [0.4, 0.5) is 0 Å². The van der Waals surface area contributed by atoms with Gasteiger partial charge in [0.2, 0.25) is 0 Å². The van der Waals surface area contributed by atoms with E-state index < -0.39 is 0 Å². The molecule has 2 heteroatoms. The maximum atomic E-state index is 3.82. The Kier molecular flexibility index (Phi) is 5.39. The van der Waals surface area contributed by atoms with Crippen molar-refractivity contribution >= 4 is 11.3 Å². The Morgan fingerprint density at radius 1 is 1.14 bits per heavy atom. The van der Waals surface area contributed by atoms with Crippen LogP contribution in [0.25, 0.3) is 0 Å². The highest BCUT2D eigenvalue weighted by atomic mass is 32.1. The third-order valence-corrected chi connectivity index (χ3v) is 7.12. The zero-order valence-electron chi connectivity index (χ0n) is 13.8. The summed E-state index contributed by atoms with van der Waals surface area (Å²) in [5, 5.41) is 3.82. The van der Waals surface area contributed by atoms with Gasteiger partial charge in [-0.2, -0.15) is 0 Å². The molecule has 0 spiro atoms. The normalized spacial score (nSPS) is 27.3. The lowest BCUT2D eigenvalue weighted by atomic mass is 9.81. The van der Waals surface area contributed by atoms with Gasteiger partial charge in [-0.05, 0) is 75.5 Å². The molecule has 1 atom stereocenters. The highest BCUT2D eigenvalue weighted by molar-refractivity contribution is 7.12. The molecule has 0 bridgehead atoms. The molecule has 118 valence electrons. The zero-order valence-corrected chi connectivity index (χ0v) is 14.6. The highest BCUT2D eigenvalue weighted by Gasteiger charge is 2.21. The van der Waals surface area contributed by atoms with Gasteiger partial charge in [-0.25, -0.2) is 0 Å². The number of hydrogen-bond donors (Lipinski definition) is 1. The minimum Gasteiger partial charge on any atom is -0.309 e. The Morgan fingerprint density at radius 2 is 1.86 bits per heavy atom. The minimum absolute atomic E-state index is 0.546. The first-order valence-electron chi connectivity index (χ1n) is 9.11. The molecule has 1 nitrogen and oxygen atoms in total. The van der Waals surface area contributed by atoms with Crippen molar-refractivity contribution in [3.63, 3.8) is 0 Å². The van der Waals surface area contributed by atoms with E-state index in [9.17, 15) is 0 Å². The summed E-state index contributed by atoms with van der Waals surface area (Å²) >= 11 is 2.07. The molecule has 0 aromatic carbocycles. The van der Waals surface area contributed by atoms with Crippen molar-refractivity contribution in [3.05, 3.63) is 21.4 Å². The molecule has 3 rings (SSSR count). The lowest BCUT2D eigenvalue weighted by molar-refractivity contribution is 0.258. The Hall–Kier alpha value is -0.340. The maximum absolute atomic E-state index is 3.82. The summed E-state index contributed by atoms with van der Waals surface area (Å²) in [7, 11) is 0. The molecule has 0 radical (unpaired) electrons. The first kappa shape index (κ1) is 15.6. The third-order valence-electron chi connectivity index (χ3n) is 5.70. The summed E-state index contributed by atoms with van der Waals surface area (Å²) in [4.78, 5) is 3.25. The molecule has 1 fully saturated rings. The molecule has 1 aromatic heterocycles. The second-order valence-electron chi connectivity index (χ2n) is 7.23. The smallest absolute Gasteiger partial charge is 0.0386 e. The van der Waals surface area contributed by atoms with E-state index in [1.165, 1.54) is 64.3 Å². The van der Waals surface area contributed by atoms with Gasteiger partial charge in [0.15, 0.2) is 0 Å². The topological polar surface area (TPSA) is 12.0 Å². The number of fused-ring (bicyclic) bond motifs is 1. The first-order valence-corrected chi connectivity index (χ1v) is 9.92. The SMILES string of the molecule is CCC1CCC(CNC(C)c2cc3c(s2)CCCC3)CC1. The molecular weight excluding hydrogens is 274 g/mol. The van der Waals surface area contributed by atoms with Crippen LogP contribution in [0.5, 0.6) is 0 Å². The zero-order chi connectivity index (χ0) is 14.7. The van der Waals surface area contributed by atoms with Crippen molar-refractivity contribution in [2.24, 2.45) is 11.8 Å². The Labute approximate surface area is 134 Å². The lowest BCUT2D eigenvalue weighted by Crippen LogP contribution is -2.28. The Morgan fingerprint density at radius 3 is 2.57 bits per heavy atom. The minimum atomic E-state index is 0.546. The molecule has 0 amide bonds. The molecule has 1 N–H and O–H groups in total. The average molecular weight is 306 g/mol. The number of thiophene rings is 1. The van der Waals surface area contributed by atoms with E-state index in [4.69, 9.17) is 0 Å². The van der Waals surface area contributed by atoms with Crippen molar-refractivity contribution in [1.29, 1.82) is 0 Å². The van der Waals surface area contributed by atoms with Crippen LogP contribution in [-0.2, 0) is 12.8 Å². The Balaban J connectivity index is 1.48. The van der Waals surface area contributed by atoms with Gasteiger partial charge >= 0.3 is 0 Å². The predicted octanol–water partition coefficient (Wildman–Crippen LogP) is 5.49. The van der Waals surface area contributed by atoms with Gasteiger partial charge in [0.25, 0.3) is 0 Å². The highest BCUT2D eigenvalue weighted by Crippen LogP contribution is 2.34. The first-order chi connectivity index (χ1) is 10.3. The third kappa shape index (κ3) is 3.90. The van der Waals surface area contributed by atoms with Gasteiger partial charge in [-0.15, -0.1) is 11.3 Å². The van der Waals surface area contributed by atoms with E-state index in [2.05, 4.69) is 36.6 Å². The van der Waals surface area contributed by atoms with Crippen LogP contribution in [0.15, 0.2) is 6.07 Å². The number of nitrogens with one attached hydrogen (secondary N) is 1. The monoisotopic (exact) mass is 305 g/mol. The molecule has 2 aliphatic rings. The van der Waals surface area contributed by atoms with E-state index in [1.807, 2.05) is 0 Å². The van der Waals surface area contributed by atoms with Gasteiger partial charge in [0, 0.05) is 15.8 Å². The maximum Gasteiger partial charge on any atom is 0.0386 e. The summed E-state index contributed by atoms with van der Waals surface area (Å²) in [6.45, 7) is 5.93. The van der Waals surface area contributed by atoms with Crippen LogP contribution < -0.4 is 5.32 Å². The summed E-state index contributed by atoms with van der Waals surface area (Å²) in [5.74, 6) is 1.94. The van der Waals surface area contributed by atoms with Crippen LogP contribution in [0, 0.1) is 11.8 Å². The van der Waals surface area contributed by atoms with Gasteiger partial charge in [-0.3, -0.25) is 0 Å². The van der Waals surface area contributed by atoms with E-state index in [0.717, 1.165) is 11.8 Å². The van der Waals surface area contributed by atoms with Crippen LogP contribution in [0.3, 0.4) is 0 Å². The van der Waals surface area contributed by atoms with Crippen LogP contribution in [0.2, 0.25) is 0 Å². The van der Waals surface area contributed by atoms with E-state index in [0.29, 0.717) is 6.04 Å². The van der Waals surface area contributed by atoms with Crippen molar-refractivity contribution in [2.75, 3.05) is 6.54 Å². The van der Waals surface area contributed by atoms with Crippen LogP contribution >= 0.6 is 11.3 Å². The molecule has 1 unspecified atom stereocenters. The van der Waals surface area contributed by atoms with Crippen LogP contribution in [0.1, 0.15) is 80.2 Å². The number of hydrogen-bond acceptors (Lipinski definition) is 2. The average Bonchev–Trinajstić information content (AvgIpc) is 2.97. The molecular formula is C19H31NS. The van der Waals surface area contributed by atoms with Crippen molar-refractivity contribution in [2.45, 2.75) is 77.7 Å². The summed E-state index contributed by atoms with van der Waals surface area (Å²) < 4.78 is 0. The van der Waals surface area contributed by atoms with Crippen molar-refractivity contribution in [1.82, 2.24) is 5.32 Å². The standard InChI is InChI=1S/C19H31NS/c1-3-15-8-10-16(11-9-15)13-20-14(2)19-12-17-6-4-5-7-18(17)21-19/h12,14-16,20H,3-11,13H2,1-2H3. The molecule has 1 aromatic rings. The van der Waals surface area contributed by atoms with Gasteiger partial charge < -0.3 is 5.32 Å². The molecule has 1 heterocycles. The van der Waals surface area contributed by atoms with Crippen LogP contribution in [-0.4, -0.2) is 6.54 Å². The second kappa shape index (κ2) is 7.28. The van der Waals surface area contributed by atoms with Crippen molar-refractivity contribution in [3.8, 4) is 0 Å². The quantitative estimate of drug-likeness (QED) is 0.758. The summed E-state index contributed by atoms with van der Waals surface area (Å²) in [6, 6.07) is 3.04. The fourth-order valence-electron chi connectivity index (χ4n) is 4.01. The second-order valence-corrected chi connectivity index (χ2v) is 8.40. The Bertz CT molecular complexity index is 419. The molecule has 1 saturated carbocycles. The fraction of sp³-hybridized carbons (Fsp3) is 0.789. The predicted molar refractivity (Wildman–Crippen MR) is 93.1 cm³/mol. The number of rotatable bonds is 5. The van der Waals surface area contributed by atoms with Crippen molar-refractivity contribution < 1.29 is 0 Å². The van der Waals surface area contributed by atoms with E-state index in [1.54, 1.807) is 15.3 Å². The fourth-order valence-corrected chi connectivity index (χ4v) is 5.30. The largest absolute Gasteiger partial charge is 0.309 e. The van der Waals surface area contributed by atoms with Gasteiger partial charge in [0.1, 0.15) is 0 Å².